The molecule has 3 aliphatic heterocycles. The average molecular weight is 1230 g/mol. The standard InChI is InChI=1S/C61H67N11O13S2/c1-6-8-25-62-58(80)65-41-16-12-18-43(29-41)87(82,83)70-42-17-11-15-37(28-42)47(31-50(73)74)68-59(81)64-39-21-23-40(24-22-39)66-60(86)63-35(5)54(76)71-26-13-20-48(71)53(75)69-51(34(3)4)56(78)85-61(7-2)45-30-49-52-38(27-36-14-9-10-19-46(36)67-52)32-72(49)55(77)44(45)33-84-57(61)79/h9-12,14-19,21-24,27-30,34-35,47-48,51,70H,6-8,13,20,25-26,31-33H2,1-5H3,(H,69,75)(H,73,74)(H2,62,65,80)(H2,63,66,86)(H2,64,68,81)/t35-,47?,48-,51-,61-/m0/s1. The van der Waals surface area contributed by atoms with Gasteiger partial charge in [-0.15, -0.1) is 0 Å². The molecule has 6 amide bonds. The van der Waals surface area contributed by atoms with E-state index in [9.17, 15) is 51.9 Å². The number of cyclic esters (lactones) is 1. The Morgan fingerprint density at radius 1 is 0.828 bits per heavy atom. The predicted molar refractivity (Wildman–Crippen MR) is 328 cm³/mol. The van der Waals surface area contributed by atoms with Crippen molar-refractivity contribution in [3.05, 3.63) is 142 Å². The van der Waals surface area contributed by atoms with E-state index in [4.69, 9.17) is 26.7 Å². The molecule has 1 saturated heterocycles. The van der Waals surface area contributed by atoms with Crippen molar-refractivity contribution in [1.29, 1.82) is 0 Å². The van der Waals surface area contributed by atoms with Crippen molar-refractivity contribution in [3.8, 4) is 11.4 Å². The van der Waals surface area contributed by atoms with Gasteiger partial charge in [0.2, 0.25) is 17.4 Å². The summed E-state index contributed by atoms with van der Waals surface area (Å²) < 4.78 is 42.7. The minimum absolute atomic E-state index is 0.0557. The number of pyridine rings is 2. The third-order valence-electron chi connectivity index (χ3n) is 15.3. The molecule has 5 heterocycles. The Kier molecular flexibility index (Phi) is 18.9. The van der Waals surface area contributed by atoms with E-state index in [1.165, 1.54) is 41.3 Å². The first kappa shape index (κ1) is 62.1. The minimum Gasteiger partial charge on any atom is -0.481 e. The third kappa shape index (κ3) is 14.0. The molecule has 0 radical (unpaired) electrons. The summed E-state index contributed by atoms with van der Waals surface area (Å²) in [5, 5.41) is 30.1. The first-order valence-electron chi connectivity index (χ1n) is 28.5. The van der Waals surface area contributed by atoms with Crippen LogP contribution in [-0.2, 0) is 62.2 Å². The number of sulfonamides is 1. The van der Waals surface area contributed by atoms with Crippen molar-refractivity contribution in [1.82, 2.24) is 35.7 Å². The van der Waals surface area contributed by atoms with E-state index in [-0.39, 0.29) is 64.2 Å². The number of likely N-dealkylation sites (tertiary alicyclic amines) is 1. The van der Waals surface area contributed by atoms with Gasteiger partial charge < -0.3 is 61.3 Å². The SMILES string of the molecule is CCCCNC(=O)Nc1cccc(S(=O)(=O)Nc2cccc(C(CC(=O)O)NC(=O)Nc3ccc(NC(=S)N[C@@H](C)C(=O)N4CCC[C@H]4C(=O)N[C@H](C(=O)O[C@]4(CC)C(=O)OCc5c4cc4n(c5=O)Cc5cc6ccccc6nc5-4)C(C)C)cc3)c2)c1. The first-order chi connectivity index (χ1) is 41.6. The van der Waals surface area contributed by atoms with Crippen LogP contribution >= 0.6 is 12.2 Å². The molecular weight excluding hydrogens is 1160 g/mol. The molecular formula is C61H67N11O13S2. The van der Waals surface area contributed by atoms with Crippen molar-refractivity contribution >= 4 is 103 Å². The third-order valence-corrected chi connectivity index (χ3v) is 16.9. The van der Waals surface area contributed by atoms with Crippen LogP contribution in [0.3, 0.4) is 0 Å². The number of esters is 2. The fourth-order valence-corrected chi connectivity index (χ4v) is 12.1. The van der Waals surface area contributed by atoms with Crippen LogP contribution in [0.15, 0.2) is 119 Å². The van der Waals surface area contributed by atoms with Gasteiger partial charge in [0.25, 0.3) is 15.6 Å². The van der Waals surface area contributed by atoms with Crippen LogP contribution in [0.25, 0.3) is 22.3 Å². The van der Waals surface area contributed by atoms with Crippen LogP contribution in [0.2, 0.25) is 0 Å². The van der Waals surface area contributed by atoms with Gasteiger partial charge in [-0.2, -0.15) is 0 Å². The molecule has 456 valence electrons. The number of fused-ring (bicyclic) bond motifs is 5. The number of rotatable bonds is 21. The molecule has 4 aromatic carbocycles. The van der Waals surface area contributed by atoms with Crippen molar-refractivity contribution in [3.63, 3.8) is 0 Å². The summed E-state index contributed by atoms with van der Waals surface area (Å²) in [6.07, 6.45) is 1.80. The van der Waals surface area contributed by atoms with E-state index >= 15 is 0 Å². The van der Waals surface area contributed by atoms with Gasteiger partial charge in [0.15, 0.2) is 5.11 Å². The van der Waals surface area contributed by atoms with Crippen molar-refractivity contribution in [2.24, 2.45) is 5.92 Å². The molecule has 2 aromatic heterocycles. The maximum Gasteiger partial charge on any atom is 0.355 e. The minimum atomic E-state index is -4.19. The van der Waals surface area contributed by atoms with E-state index in [1.54, 1.807) is 74.7 Å². The summed E-state index contributed by atoms with van der Waals surface area (Å²) in [4.78, 5) is 114. The summed E-state index contributed by atoms with van der Waals surface area (Å²) in [5.41, 5.74) is 1.91. The van der Waals surface area contributed by atoms with Crippen molar-refractivity contribution in [2.45, 2.75) is 121 Å². The Balaban J connectivity index is 0.781. The van der Waals surface area contributed by atoms with E-state index in [1.807, 2.05) is 37.3 Å². The number of amides is 6. The Morgan fingerprint density at radius 3 is 2.26 bits per heavy atom. The maximum absolute atomic E-state index is 14.4. The molecule has 0 aliphatic carbocycles. The van der Waals surface area contributed by atoms with Crippen LogP contribution in [0, 0.1) is 5.92 Å². The second-order valence-corrected chi connectivity index (χ2v) is 23.8. The molecule has 9 rings (SSSR count). The fraction of sp³-hybridized carbons (Fsp3) is 0.344. The van der Waals surface area contributed by atoms with Gasteiger partial charge in [-0.25, -0.2) is 32.6 Å². The number of hydrogen-bond acceptors (Lipinski definition) is 14. The van der Waals surface area contributed by atoms with Crippen LogP contribution in [0.4, 0.5) is 32.3 Å². The highest BCUT2D eigenvalue weighted by atomic mass is 32.2. The lowest BCUT2D eigenvalue weighted by molar-refractivity contribution is -0.191. The highest BCUT2D eigenvalue weighted by molar-refractivity contribution is 7.92. The molecule has 87 heavy (non-hydrogen) atoms. The zero-order valence-electron chi connectivity index (χ0n) is 48.4. The number of aromatic nitrogens is 2. The van der Waals surface area contributed by atoms with Gasteiger partial charge in [-0.1, -0.05) is 70.5 Å². The van der Waals surface area contributed by atoms with E-state index in [0.29, 0.717) is 42.1 Å². The molecule has 24 nitrogen and oxygen atoms in total. The Morgan fingerprint density at radius 2 is 1.54 bits per heavy atom. The number of nitrogens with one attached hydrogen (secondary N) is 8. The van der Waals surface area contributed by atoms with E-state index in [0.717, 1.165) is 29.3 Å². The molecule has 0 bridgehead atoms. The molecule has 0 saturated carbocycles. The number of urea groups is 2. The lowest BCUT2D eigenvalue weighted by Crippen LogP contribution is -2.57. The van der Waals surface area contributed by atoms with Crippen molar-refractivity contribution < 1.29 is 56.6 Å². The van der Waals surface area contributed by atoms with Gasteiger partial charge in [-0.05, 0) is 129 Å². The number of ether oxygens (including phenoxy) is 2. The Bertz CT molecular complexity index is 3880. The fourth-order valence-electron chi connectivity index (χ4n) is 10.8. The Hall–Kier alpha value is -9.43. The number of carbonyl (C=O) groups is 7. The van der Waals surface area contributed by atoms with Gasteiger partial charge in [0.1, 0.15) is 24.7 Å². The van der Waals surface area contributed by atoms with Gasteiger partial charge in [0.05, 0.1) is 46.4 Å². The Labute approximate surface area is 506 Å². The van der Waals surface area contributed by atoms with Crippen LogP contribution < -0.4 is 47.5 Å². The number of aliphatic carboxylic acids is 1. The molecule has 0 spiro atoms. The second-order valence-electron chi connectivity index (χ2n) is 21.7. The number of unbranched alkanes of at least 4 members (excludes halogenated alkanes) is 1. The number of carboxylic acids is 1. The second kappa shape index (κ2) is 26.5. The molecule has 5 atom stereocenters. The molecule has 26 heteroatoms. The van der Waals surface area contributed by atoms with E-state index in [2.05, 4.69) is 41.9 Å². The van der Waals surface area contributed by atoms with Gasteiger partial charge in [-0.3, -0.25) is 23.9 Å². The monoisotopic (exact) mass is 1230 g/mol. The summed E-state index contributed by atoms with van der Waals surface area (Å²) >= 11 is 5.55. The normalized spacial score (nSPS) is 16.8. The number of carbonyl (C=O) groups excluding carboxylic acids is 6. The van der Waals surface area contributed by atoms with Crippen LogP contribution in [-0.4, -0.2) is 106 Å². The summed E-state index contributed by atoms with van der Waals surface area (Å²) in [7, 11) is -4.19. The molecule has 1 fully saturated rings. The number of para-hydroxylation sites is 1. The number of carboxylic acid groups (broad SMARTS) is 1. The maximum atomic E-state index is 14.4. The van der Waals surface area contributed by atoms with Crippen LogP contribution in [0.5, 0.6) is 0 Å². The van der Waals surface area contributed by atoms with Gasteiger partial charge >= 0.3 is 30.0 Å². The number of anilines is 4. The zero-order valence-corrected chi connectivity index (χ0v) is 50.0. The topological polar surface area (TPSA) is 327 Å². The summed E-state index contributed by atoms with van der Waals surface area (Å²) in [6, 6.07) is 23.5. The molecule has 1 unspecified atom stereocenters. The molecule has 6 aromatic rings. The number of benzene rings is 4. The number of thiocarbonyl (C=S) groups is 1. The summed E-state index contributed by atoms with van der Waals surface area (Å²) in [5.74, 6) is -4.64. The van der Waals surface area contributed by atoms with Crippen LogP contribution in [0.1, 0.15) is 101 Å². The average Bonchev–Trinajstić information content (AvgIpc) is 1.77. The van der Waals surface area contributed by atoms with E-state index < -0.39 is 99.5 Å². The molecule has 3 aliphatic rings. The zero-order chi connectivity index (χ0) is 62.3. The van der Waals surface area contributed by atoms with Crippen molar-refractivity contribution in [2.75, 3.05) is 33.8 Å². The van der Waals surface area contributed by atoms with Gasteiger partial charge in [0, 0.05) is 52.4 Å². The lowest BCUT2D eigenvalue weighted by Gasteiger charge is -2.37. The highest BCUT2D eigenvalue weighted by Gasteiger charge is 2.52. The number of nitrogens with zero attached hydrogens (tertiary/aromatic N) is 3. The predicted octanol–water partition coefficient (Wildman–Crippen LogP) is 7.20. The summed E-state index contributed by atoms with van der Waals surface area (Å²) in [6.45, 7) is 9.23. The lowest BCUT2D eigenvalue weighted by atomic mass is 9.85. The largest absolute Gasteiger partial charge is 0.481 e. The smallest absolute Gasteiger partial charge is 0.355 e. The first-order valence-corrected chi connectivity index (χ1v) is 30.4. The highest BCUT2D eigenvalue weighted by Crippen LogP contribution is 2.41. The number of hydrogen-bond donors (Lipinski definition) is 9. The quantitative estimate of drug-likeness (QED) is 0.0195. The molecule has 9 N–H and O–H groups in total.